The molecule has 9 heteroatoms. The van der Waals surface area contributed by atoms with Crippen molar-refractivity contribution < 1.29 is 28.7 Å². The third kappa shape index (κ3) is 4.68. The van der Waals surface area contributed by atoms with Gasteiger partial charge in [-0.05, 0) is 48.0 Å². The molecule has 1 aliphatic heterocycles. The first-order chi connectivity index (χ1) is 16.3. The minimum absolute atomic E-state index is 0.0417. The van der Waals surface area contributed by atoms with E-state index in [2.05, 4.69) is 5.32 Å². The number of hydrogen-bond acceptors (Lipinski definition) is 6. The molecule has 4 amide bonds. The Labute approximate surface area is 194 Å². The van der Waals surface area contributed by atoms with Crippen LogP contribution < -0.4 is 11.1 Å². The van der Waals surface area contributed by atoms with Gasteiger partial charge in [0.1, 0.15) is 0 Å². The molecule has 0 radical (unpaired) electrons. The maximum Gasteiger partial charge on any atom is 0.338 e. The van der Waals surface area contributed by atoms with Gasteiger partial charge >= 0.3 is 5.97 Å². The zero-order chi connectivity index (χ0) is 24.2. The molecule has 0 fully saturated rings. The Bertz CT molecular complexity index is 1300. The van der Waals surface area contributed by atoms with Crippen molar-refractivity contribution in [1.29, 1.82) is 0 Å². The Morgan fingerprint density at radius 1 is 0.824 bits per heavy atom. The number of fused-ring (bicyclic) bond motifs is 1. The average Bonchev–Trinajstić information content (AvgIpc) is 3.08. The molecule has 0 aromatic heterocycles. The molecule has 0 saturated carbocycles. The van der Waals surface area contributed by atoms with Gasteiger partial charge in [0.2, 0.25) is 5.91 Å². The number of carbonyl (C=O) groups excluding carboxylic acids is 5. The number of benzene rings is 3. The van der Waals surface area contributed by atoms with Gasteiger partial charge in [0.25, 0.3) is 17.7 Å². The number of imide groups is 1. The standard InChI is InChI=1S/C25H19N3O6/c26-22(30)16-6-9-18(10-7-16)27-21(29)14-34-25(33)17-8-11-19-20(12-17)24(32)28(23(19)31)13-15-4-2-1-3-5-15/h1-12H,13-14H2,(H2,26,30)(H,27,29). The second kappa shape index (κ2) is 9.37. The lowest BCUT2D eigenvalue weighted by Crippen LogP contribution is -2.29. The maximum atomic E-state index is 12.8. The normalized spacial score (nSPS) is 12.3. The fourth-order valence-corrected chi connectivity index (χ4v) is 3.46. The molecule has 1 aliphatic rings. The highest BCUT2D eigenvalue weighted by molar-refractivity contribution is 6.21. The van der Waals surface area contributed by atoms with Crippen LogP contribution in [0.25, 0.3) is 0 Å². The SMILES string of the molecule is NC(=O)c1ccc(NC(=O)COC(=O)c2ccc3c(c2)C(=O)N(Cc2ccccc2)C3=O)cc1. The van der Waals surface area contributed by atoms with Crippen LogP contribution in [0.1, 0.15) is 47.0 Å². The van der Waals surface area contributed by atoms with Crippen LogP contribution in [-0.4, -0.2) is 41.1 Å². The Kier molecular flexibility index (Phi) is 6.18. The lowest BCUT2D eigenvalue weighted by atomic mass is 10.1. The van der Waals surface area contributed by atoms with E-state index in [-0.39, 0.29) is 28.8 Å². The molecule has 0 spiro atoms. The predicted molar refractivity (Wildman–Crippen MR) is 121 cm³/mol. The highest BCUT2D eigenvalue weighted by Crippen LogP contribution is 2.26. The summed E-state index contributed by atoms with van der Waals surface area (Å²) in [5.41, 5.74) is 7.00. The van der Waals surface area contributed by atoms with Crippen LogP contribution in [0.3, 0.4) is 0 Å². The molecule has 4 rings (SSSR count). The Balaban J connectivity index is 1.38. The fourth-order valence-electron chi connectivity index (χ4n) is 3.46. The number of ether oxygens (including phenoxy) is 1. The summed E-state index contributed by atoms with van der Waals surface area (Å²) in [5.74, 6) is -2.95. The van der Waals surface area contributed by atoms with Crippen molar-refractivity contribution in [1.82, 2.24) is 4.90 Å². The Hall–Kier alpha value is -4.79. The molecule has 34 heavy (non-hydrogen) atoms. The number of rotatable bonds is 7. The van der Waals surface area contributed by atoms with Crippen LogP contribution in [0.15, 0.2) is 72.8 Å². The molecular formula is C25H19N3O6. The summed E-state index contributed by atoms with van der Waals surface area (Å²) in [5, 5.41) is 2.52. The lowest BCUT2D eigenvalue weighted by molar-refractivity contribution is -0.119. The van der Waals surface area contributed by atoms with E-state index in [1.165, 1.54) is 42.5 Å². The zero-order valence-electron chi connectivity index (χ0n) is 17.8. The van der Waals surface area contributed by atoms with Gasteiger partial charge < -0.3 is 15.8 Å². The van der Waals surface area contributed by atoms with E-state index in [1.54, 1.807) is 0 Å². The summed E-state index contributed by atoms with van der Waals surface area (Å²) in [4.78, 5) is 62.1. The minimum atomic E-state index is -0.816. The van der Waals surface area contributed by atoms with E-state index in [0.29, 0.717) is 5.69 Å². The van der Waals surface area contributed by atoms with E-state index in [1.807, 2.05) is 30.3 Å². The lowest BCUT2D eigenvalue weighted by Gasteiger charge is -2.13. The van der Waals surface area contributed by atoms with Gasteiger partial charge in [-0.2, -0.15) is 0 Å². The van der Waals surface area contributed by atoms with Crippen molar-refractivity contribution in [2.45, 2.75) is 6.54 Å². The van der Waals surface area contributed by atoms with Crippen LogP contribution in [-0.2, 0) is 16.1 Å². The summed E-state index contributed by atoms with van der Waals surface area (Å²) in [6.45, 7) is -0.450. The number of esters is 1. The first kappa shape index (κ1) is 22.4. The molecule has 3 aromatic carbocycles. The summed E-state index contributed by atoms with van der Waals surface area (Å²) in [7, 11) is 0. The van der Waals surface area contributed by atoms with E-state index < -0.39 is 36.2 Å². The van der Waals surface area contributed by atoms with E-state index >= 15 is 0 Å². The average molecular weight is 457 g/mol. The maximum absolute atomic E-state index is 12.8. The number of nitrogens with zero attached hydrogens (tertiary/aromatic N) is 1. The molecule has 0 aliphatic carbocycles. The zero-order valence-corrected chi connectivity index (χ0v) is 17.8. The smallest absolute Gasteiger partial charge is 0.338 e. The number of nitrogens with one attached hydrogen (secondary N) is 1. The van der Waals surface area contributed by atoms with E-state index in [9.17, 15) is 24.0 Å². The monoisotopic (exact) mass is 457 g/mol. The van der Waals surface area contributed by atoms with Crippen LogP contribution in [0.4, 0.5) is 5.69 Å². The van der Waals surface area contributed by atoms with Crippen LogP contribution in [0, 0.1) is 0 Å². The molecule has 0 bridgehead atoms. The number of nitrogens with two attached hydrogens (primary N) is 1. The van der Waals surface area contributed by atoms with Crippen LogP contribution in [0.2, 0.25) is 0 Å². The van der Waals surface area contributed by atoms with Gasteiger partial charge in [0.15, 0.2) is 6.61 Å². The van der Waals surface area contributed by atoms with Gasteiger partial charge in [0, 0.05) is 11.3 Å². The fraction of sp³-hybridized carbons (Fsp3) is 0.0800. The van der Waals surface area contributed by atoms with Gasteiger partial charge in [-0.25, -0.2) is 4.79 Å². The molecule has 0 saturated heterocycles. The van der Waals surface area contributed by atoms with E-state index in [4.69, 9.17) is 10.5 Å². The summed E-state index contributed by atoms with van der Waals surface area (Å²) in [6, 6.07) is 19.0. The number of carbonyl (C=O) groups is 5. The van der Waals surface area contributed by atoms with Crippen molar-refractivity contribution in [2.75, 3.05) is 11.9 Å². The second-order valence-corrected chi connectivity index (χ2v) is 7.51. The molecule has 170 valence electrons. The Morgan fingerprint density at radius 3 is 2.15 bits per heavy atom. The molecular weight excluding hydrogens is 438 g/mol. The largest absolute Gasteiger partial charge is 0.452 e. The Morgan fingerprint density at radius 2 is 1.47 bits per heavy atom. The van der Waals surface area contributed by atoms with Gasteiger partial charge in [-0.15, -0.1) is 0 Å². The van der Waals surface area contributed by atoms with Crippen molar-refractivity contribution in [2.24, 2.45) is 5.73 Å². The van der Waals surface area contributed by atoms with Crippen molar-refractivity contribution in [3.8, 4) is 0 Å². The summed E-state index contributed by atoms with van der Waals surface area (Å²) in [6.07, 6.45) is 0. The van der Waals surface area contributed by atoms with Gasteiger partial charge in [-0.3, -0.25) is 24.1 Å². The van der Waals surface area contributed by atoms with Crippen LogP contribution in [0.5, 0.6) is 0 Å². The van der Waals surface area contributed by atoms with Gasteiger partial charge in [0.05, 0.1) is 23.2 Å². The number of hydrogen-bond donors (Lipinski definition) is 2. The quantitative estimate of drug-likeness (QED) is 0.413. The molecule has 3 N–H and O–H groups in total. The second-order valence-electron chi connectivity index (χ2n) is 7.51. The van der Waals surface area contributed by atoms with Gasteiger partial charge in [-0.1, -0.05) is 30.3 Å². The molecule has 9 nitrogen and oxygen atoms in total. The molecule has 1 heterocycles. The molecule has 0 atom stereocenters. The third-order valence-corrected chi connectivity index (χ3v) is 5.18. The minimum Gasteiger partial charge on any atom is -0.452 e. The summed E-state index contributed by atoms with van der Waals surface area (Å²) >= 11 is 0. The topological polar surface area (TPSA) is 136 Å². The van der Waals surface area contributed by atoms with Crippen molar-refractivity contribution in [3.05, 3.63) is 101 Å². The predicted octanol–water partition coefficient (Wildman–Crippen LogP) is 2.38. The number of anilines is 1. The van der Waals surface area contributed by atoms with Crippen LogP contribution >= 0.6 is 0 Å². The first-order valence-corrected chi connectivity index (χ1v) is 10.2. The number of amides is 4. The van der Waals surface area contributed by atoms with E-state index in [0.717, 1.165) is 10.5 Å². The van der Waals surface area contributed by atoms with Crippen molar-refractivity contribution >= 4 is 35.3 Å². The highest BCUT2D eigenvalue weighted by atomic mass is 16.5. The number of primary amides is 1. The summed E-state index contributed by atoms with van der Waals surface area (Å²) < 4.78 is 5.03. The molecule has 3 aromatic rings. The highest BCUT2D eigenvalue weighted by Gasteiger charge is 2.36. The van der Waals surface area contributed by atoms with Crippen molar-refractivity contribution in [3.63, 3.8) is 0 Å². The first-order valence-electron chi connectivity index (χ1n) is 10.2. The third-order valence-electron chi connectivity index (χ3n) is 5.18. The molecule has 0 unspecified atom stereocenters.